The number of amides is 1. The molecule has 2 N–H and O–H groups in total. The molecule has 0 radical (unpaired) electrons. The second kappa shape index (κ2) is 6.51. The van der Waals surface area contributed by atoms with Gasteiger partial charge in [0, 0.05) is 12.6 Å². The summed E-state index contributed by atoms with van der Waals surface area (Å²) in [5.41, 5.74) is 0.182. The van der Waals surface area contributed by atoms with Gasteiger partial charge in [0.2, 0.25) is 5.91 Å². The molecule has 1 aliphatic heterocycles. The van der Waals surface area contributed by atoms with Crippen molar-refractivity contribution in [3.05, 3.63) is 18.2 Å². The van der Waals surface area contributed by atoms with Gasteiger partial charge in [0.25, 0.3) is 0 Å². The molecule has 5 nitrogen and oxygen atoms in total. The van der Waals surface area contributed by atoms with Gasteiger partial charge in [-0.2, -0.15) is 8.78 Å². The Labute approximate surface area is 115 Å². The molecule has 2 rings (SSSR count). The number of carbonyl (C=O) groups excluding carboxylic acids is 1. The lowest BCUT2D eigenvalue weighted by Gasteiger charge is -2.15. The van der Waals surface area contributed by atoms with E-state index in [1.54, 1.807) is 0 Å². The minimum Gasteiger partial charge on any atom is -0.497 e. The summed E-state index contributed by atoms with van der Waals surface area (Å²) in [7, 11) is 1.45. The number of hydrogen-bond donors (Lipinski definition) is 2. The lowest BCUT2D eigenvalue weighted by Crippen LogP contribution is -2.25. The molecule has 0 aromatic heterocycles. The maximum Gasteiger partial charge on any atom is 0.387 e. The summed E-state index contributed by atoms with van der Waals surface area (Å²) in [5.74, 6) is -0.0189. The van der Waals surface area contributed by atoms with Crippen molar-refractivity contribution >= 4 is 11.6 Å². The Kier molecular flexibility index (Phi) is 4.73. The van der Waals surface area contributed by atoms with Crippen molar-refractivity contribution in [3.8, 4) is 11.5 Å². The molecule has 7 heteroatoms. The van der Waals surface area contributed by atoms with Gasteiger partial charge in [-0.1, -0.05) is 0 Å². The highest BCUT2D eigenvalue weighted by molar-refractivity contribution is 5.94. The molecule has 20 heavy (non-hydrogen) atoms. The van der Waals surface area contributed by atoms with E-state index >= 15 is 0 Å². The van der Waals surface area contributed by atoms with Gasteiger partial charge in [-0.3, -0.25) is 4.79 Å². The van der Waals surface area contributed by atoms with Crippen LogP contribution in [-0.2, 0) is 4.79 Å². The molecular weight excluding hydrogens is 270 g/mol. The van der Waals surface area contributed by atoms with Crippen LogP contribution in [0.1, 0.15) is 6.42 Å². The van der Waals surface area contributed by atoms with Crippen molar-refractivity contribution in [3.63, 3.8) is 0 Å². The first-order valence-electron chi connectivity index (χ1n) is 6.24. The number of hydrogen-bond acceptors (Lipinski definition) is 4. The second-order valence-corrected chi connectivity index (χ2v) is 4.42. The third-order valence-electron chi connectivity index (χ3n) is 3.09. The summed E-state index contributed by atoms with van der Waals surface area (Å²) in [6.07, 6.45) is 0.723. The first kappa shape index (κ1) is 14.5. The van der Waals surface area contributed by atoms with Gasteiger partial charge >= 0.3 is 6.61 Å². The van der Waals surface area contributed by atoms with E-state index in [1.165, 1.54) is 25.3 Å². The lowest BCUT2D eigenvalue weighted by atomic mass is 10.1. The zero-order valence-corrected chi connectivity index (χ0v) is 11.0. The third-order valence-corrected chi connectivity index (χ3v) is 3.09. The van der Waals surface area contributed by atoms with Crippen molar-refractivity contribution in [2.75, 3.05) is 25.5 Å². The molecule has 110 valence electrons. The number of alkyl halides is 2. The second-order valence-electron chi connectivity index (χ2n) is 4.42. The van der Waals surface area contributed by atoms with E-state index in [-0.39, 0.29) is 23.3 Å². The first-order chi connectivity index (χ1) is 9.60. The van der Waals surface area contributed by atoms with Crippen molar-refractivity contribution in [1.29, 1.82) is 0 Å². The maximum absolute atomic E-state index is 12.3. The summed E-state index contributed by atoms with van der Waals surface area (Å²) < 4.78 is 34.1. The number of rotatable bonds is 5. The Morgan fingerprint density at radius 1 is 1.50 bits per heavy atom. The van der Waals surface area contributed by atoms with Gasteiger partial charge in [-0.05, 0) is 25.1 Å². The average Bonchev–Trinajstić information content (AvgIpc) is 2.94. The van der Waals surface area contributed by atoms with Gasteiger partial charge in [-0.15, -0.1) is 0 Å². The minimum absolute atomic E-state index is 0.0832. The first-order valence-corrected chi connectivity index (χ1v) is 6.24. The van der Waals surface area contributed by atoms with E-state index in [0.29, 0.717) is 12.3 Å². The number of carbonyl (C=O) groups is 1. The smallest absolute Gasteiger partial charge is 0.387 e. The molecule has 1 aliphatic rings. The van der Waals surface area contributed by atoms with Crippen LogP contribution in [0.15, 0.2) is 18.2 Å². The number of methoxy groups -OCH3 is 1. The summed E-state index contributed by atoms with van der Waals surface area (Å²) in [4.78, 5) is 12.0. The Bertz CT molecular complexity index is 477. The minimum atomic E-state index is -2.95. The third kappa shape index (κ3) is 3.57. The van der Waals surface area contributed by atoms with Crippen LogP contribution >= 0.6 is 0 Å². The number of halogens is 2. The van der Waals surface area contributed by atoms with Crippen molar-refractivity contribution in [2.24, 2.45) is 5.92 Å². The normalized spacial score (nSPS) is 18.1. The van der Waals surface area contributed by atoms with Gasteiger partial charge in [0.05, 0.1) is 18.7 Å². The standard InChI is InChI=1S/C13H16F2N2O3/c1-19-9-2-3-11(20-13(14)15)10(6-9)17-12(18)8-4-5-16-7-8/h2-3,6,8,13,16H,4-5,7H2,1H3,(H,17,18). The molecule has 1 heterocycles. The molecule has 0 spiro atoms. The van der Waals surface area contributed by atoms with Crippen LogP contribution in [-0.4, -0.2) is 32.7 Å². The summed E-state index contributed by atoms with van der Waals surface area (Å²) >= 11 is 0. The number of nitrogens with one attached hydrogen (secondary N) is 2. The van der Waals surface area contributed by atoms with E-state index < -0.39 is 6.61 Å². The zero-order chi connectivity index (χ0) is 14.5. The number of benzene rings is 1. The van der Waals surface area contributed by atoms with Gasteiger partial charge in [0.15, 0.2) is 0 Å². The topological polar surface area (TPSA) is 59.6 Å². The Morgan fingerprint density at radius 3 is 2.90 bits per heavy atom. The quantitative estimate of drug-likeness (QED) is 0.867. The summed E-state index contributed by atoms with van der Waals surface area (Å²) in [6.45, 7) is -1.59. The molecular formula is C13H16F2N2O3. The highest BCUT2D eigenvalue weighted by atomic mass is 19.3. The van der Waals surface area contributed by atoms with E-state index in [1.807, 2.05) is 0 Å². The molecule has 1 amide bonds. The van der Waals surface area contributed by atoms with Crippen LogP contribution in [0, 0.1) is 5.92 Å². The molecule has 0 saturated carbocycles. The molecule has 1 saturated heterocycles. The highest BCUT2D eigenvalue weighted by Gasteiger charge is 2.23. The molecule has 0 aliphatic carbocycles. The average molecular weight is 286 g/mol. The van der Waals surface area contributed by atoms with Crippen molar-refractivity contribution in [2.45, 2.75) is 13.0 Å². The Hall–Kier alpha value is -1.89. The van der Waals surface area contributed by atoms with Crippen LogP contribution in [0.5, 0.6) is 11.5 Å². The van der Waals surface area contributed by atoms with Crippen LogP contribution in [0.2, 0.25) is 0 Å². The predicted octanol–water partition coefficient (Wildman–Crippen LogP) is 1.84. The Morgan fingerprint density at radius 2 is 2.30 bits per heavy atom. The van der Waals surface area contributed by atoms with Crippen molar-refractivity contribution in [1.82, 2.24) is 5.32 Å². The molecule has 1 aromatic rings. The van der Waals surface area contributed by atoms with Crippen LogP contribution in [0.4, 0.5) is 14.5 Å². The van der Waals surface area contributed by atoms with Gasteiger partial charge in [-0.25, -0.2) is 0 Å². The molecule has 0 bridgehead atoms. The SMILES string of the molecule is COc1ccc(OC(F)F)c(NC(=O)C2CCNC2)c1. The lowest BCUT2D eigenvalue weighted by molar-refractivity contribution is -0.119. The predicted molar refractivity (Wildman–Crippen MR) is 69.2 cm³/mol. The molecule has 1 fully saturated rings. The Balaban J connectivity index is 2.16. The number of ether oxygens (including phenoxy) is 2. The van der Waals surface area contributed by atoms with Crippen LogP contribution < -0.4 is 20.1 Å². The number of anilines is 1. The van der Waals surface area contributed by atoms with Gasteiger partial charge in [0.1, 0.15) is 11.5 Å². The van der Waals surface area contributed by atoms with E-state index in [9.17, 15) is 13.6 Å². The maximum atomic E-state index is 12.3. The molecule has 1 aromatic carbocycles. The fourth-order valence-electron chi connectivity index (χ4n) is 2.05. The molecule has 1 unspecified atom stereocenters. The monoisotopic (exact) mass is 286 g/mol. The largest absolute Gasteiger partial charge is 0.497 e. The zero-order valence-electron chi connectivity index (χ0n) is 11.0. The summed E-state index contributed by atoms with van der Waals surface area (Å²) in [6, 6.07) is 4.29. The van der Waals surface area contributed by atoms with E-state index in [0.717, 1.165) is 13.0 Å². The van der Waals surface area contributed by atoms with Crippen LogP contribution in [0.3, 0.4) is 0 Å². The summed E-state index contributed by atoms with van der Waals surface area (Å²) in [5, 5.41) is 5.69. The van der Waals surface area contributed by atoms with Gasteiger partial charge < -0.3 is 20.1 Å². The van der Waals surface area contributed by atoms with E-state index in [4.69, 9.17) is 4.74 Å². The van der Waals surface area contributed by atoms with E-state index in [2.05, 4.69) is 15.4 Å². The molecule has 1 atom stereocenters. The fourth-order valence-corrected chi connectivity index (χ4v) is 2.05. The van der Waals surface area contributed by atoms with Crippen LogP contribution in [0.25, 0.3) is 0 Å². The highest BCUT2D eigenvalue weighted by Crippen LogP contribution is 2.31. The van der Waals surface area contributed by atoms with Crippen molar-refractivity contribution < 1.29 is 23.0 Å². The fraction of sp³-hybridized carbons (Fsp3) is 0.462.